The second-order valence-corrected chi connectivity index (χ2v) is 10.9. The number of carbonyl (C=O) groups excluding carboxylic acids is 1. The quantitative estimate of drug-likeness (QED) is 0.359. The lowest BCUT2D eigenvalue weighted by Crippen LogP contribution is -2.44. The molecule has 0 spiro atoms. The van der Waals surface area contributed by atoms with Crippen molar-refractivity contribution in [3.8, 4) is 11.1 Å². The van der Waals surface area contributed by atoms with E-state index in [1.54, 1.807) is 0 Å². The molecule has 0 atom stereocenters. The molecule has 8 heteroatoms. The molecule has 5 rings (SSSR count). The van der Waals surface area contributed by atoms with Gasteiger partial charge in [0.15, 0.2) is 0 Å². The minimum atomic E-state index is -0.218. The average Bonchev–Trinajstić information content (AvgIpc) is 2.93. The van der Waals surface area contributed by atoms with Crippen molar-refractivity contribution in [3.63, 3.8) is 0 Å². The first-order valence-electron chi connectivity index (χ1n) is 14.1. The van der Waals surface area contributed by atoms with Crippen LogP contribution in [-0.4, -0.2) is 59.0 Å². The summed E-state index contributed by atoms with van der Waals surface area (Å²) in [6, 6.07) is 12.1. The highest BCUT2D eigenvalue weighted by Gasteiger charge is 2.18. The standard InChI is InChI=1S/C32H38N6O2/c1-6-7-23-16-20(2)36-32(40)28(23)19-34-31(39)25-9-10-26-27(17-21(3)35-30(26)22(25)4)24-8-11-29(33-18-24)38-14-12-37(5)13-15-38/h8-11,16-18H,6-7,12-15,19H2,1-5H3,(H,34,39)(H,36,40). The van der Waals surface area contributed by atoms with Gasteiger partial charge in [0.25, 0.3) is 11.5 Å². The van der Waals surface area contributed by atoms with Crippen LogP contribution in [-0.2, 0) is 13.0 Å². The highest BCUT2D eigenvalue weighted by atomic mass is 16.1. The van der Waals surface area contributed by atoms with E-state index in [1.807, 2.05) is 45.2 Å². The van der Waals surface area contributed by atoms with E-state index < -0.39 is 0 Å². The van der Waals surface area contributed by atoms with Crippen LogP contribution in [0.2, 0.25) is 0 Å². The molecule has 1 aromatic carbocycles. The Morgan fingerprint density at radius 1 is 1.05 bits per heavy atom. The van der Waals surface area contributed by atoms with Crippen LogP contribution in [0.5, 0.6) is 0 Å². The molecule has 1 fully saturated rings. The van der Waals surface area contributed by atoms with Crippen molar-refractivity contribution in [2.75, 3.05) is 38.1 Å². The van der Waals surface area contributed by atoms with Gasteiger partial charge in [-0.3, -0.25) is 14.6 Å². The SMILES string of the molecule is CCCc1cc(C)[nH]c(=O)c1CNC(=O)c1ccc2c(-c3ccc(N4CCN(C)CC4)nc3)cc(C)nc2c1C. The molecule has 1 aliphatic heterocycles. The molecule has 4 heterocycles. The number of carbonyl (C=O) groups is 1. The number of nitrogens with one attached hydrogen (secondary N) is 2. The monoisotopic (exact) mass is 538 g/mol. The number of hydrogen-bond acceptors (Lipinski definition) is 6. The van der Waals surface area contributed by atoms with Crippen LogP contribution in [0.25, 0.3) is 22.0 Å². The van der Waals surface area contributed by atoms with E-state index in [2.05, 4.69) is 52.3 Å². The zero-order valence-electron chi connectivity index (χ0n) is 24.1. The normalized spacial score (nSPS) is 14.1. The van der Waals surface area contributed by atoms with E-state index in [4.69, 9.17) is 9.97 Å². The third-order valence-electron chi connectivity index (χ3n) is 7.80. The number of hydrogen-bond donors (Lipinski definition) is 2. The number of fused-ring (bicyclic) bond motifs is 1. The number of nitrogens with zero attached hydrogens (tertiary/aromatic N) is 4. The Bertz CT molecular complexity index is 1600. The summed E-state index contributed by atoms with van der Waals surface area (Å²) < 4.78 is 0. The van der Waals surface area contributed by atoms with E-state index in [0.717, 1.165) is 89.4 Å². The molecule has 208 valence electrons. The van der Waals surface area contributed by atoms with Gasteiger partial charge in [-0.2, -0.15) is 0 Å². The smallest absolute Gasteiger partial charge is 0.253 e. The number of amides is 1. The molecule has 0 bridgehead atoms. The van der Waals surface area contributed by atoms with Gasteiger partial charge in [-0.25, -0.2) is 4.98 Å². The Kier molecular flexibility index (Phi) is 7.98. The van der Waals surface area contributed by atoms with Crippen molar-refractivity contribution in [3.05, 3.63) is 86.6 Å². The molecule has 0 saturated carbocycles. The van der Waals surface area contributed by atoms with Gasteiger partial charge in [0.2, 0.25) is 0 Å². The first-order chi connectivity index (χ1) is 19.2. The first kappa shape index (κ1) is 27.5. The average molecular weight is 539 g/mol. The van der Waals surface area contributed by atoms with Crippen LogP contribution >= 0.6 is 0 Å². The Labute approximate surface area is 235 Å². The van der Waals surface area contributed by atoms with Crippen molar-refractivity contribution in [2.24, 2.45) is 0 Å². The summed E-state index contributed by atoms with van der Waals surface area (Å²) in [5, 5.41) is 3.96. The van der Waals surface area contributed by atoms with Crippen LogP contribution in [0, 0.1) is 20.8 Å². The zero-order chi connectivity index (χ0) is 28.4. The molecule has 1 amide bonds. The fraction of sp³-hybridized carbons (Fsp3) is 0.375. The predicted molar refractivity (Wildman–Crippen MR) is 161 cm³/mol. The predicted octanol–water partition coefficient (Wildman–Crippen LogP) is 4.54. The zero-order valence-corrected chi connectivity index (χ0v) is 24.1. The van der Waals surface area contributed by atoms with Crippen molar-refractivity contribution in [2.45, 2.75) is 47.1 Å². The summed E-state index contributed by atoms with van der Waals surface area (Å²) in [5.41, 5.74) is 7.39. The van der Waals surface area contributed by atoms with Gasteiger partial charge >= 0.3 is 0 Å². The van der Waals surface area contributed by atoms with Crippen LogP contribution in [0.1, 0.15) is 51.8 Å². The molecule has 4 aromatic rings. The van der Waals surface area contributed by atoms with Crippen molar-refractivity contribution in [1.29, 1.82) is 0 Å². The molecule has 2 N–H and O–H groups in total. The number of likely N-dealkylation sites (N-methyl/N-ethyl adjacent to an activating group) is 1. The van der Waals surface area contributed by atoms with E-state index >= 15 is 0 Å². The Balaban J connectivity index is 1.41. The van der Waals surface area contributed by atoms with Crippen LogP contribution in [0.15, 0.2) is 47.4 Å². The number of aromatic nitrogens is 3. The van der Waals surface area contributed by atoms with Crippen LogP contribution in [0.3, 0.4) is 0 Å². The van der Waals surface area contributed by atoms with E-state index in [9.17, 15) is 9.59 Å². The topological polar surface area (TPSA) is 94.2 Å². The molecular weight excluding hydrogens is 500 g/mol. The molecule has 1 saturated heterocycles. The van der Waals surface area contributed by atoms with Crippen molar-refractivity contribution < 1.29 is 4.79 Å². The number of pyridine rings is 3. The lowest BCUT2D eigenvalue weighted by atomic mass is 9.96. The van der Waals surface area contributed by atoms with Gasteiger partial charge in [-0.1, -0.05) is 19.4 Å². The van der Waals surface area contributed by atoms with Gasteiger partial charge in [0.1, 0.15) is 5.82 Å². The maximum absolute atomic E-state index is 13.3. The Morgan fingerprint density at radius 3 is 2.52 bits per heavy atom. The molecule has 0 aliphatic carbocycles. The third-order valence-corrected chi connectivity index (χ3v) is 7.80. The maximum Gasteiger partial charge on any atom is 0.253 e. The summed E-state index contributed by atoms with van der Waals surface area (Å²) >= 11 is 0. The van der Waals surface area contributed by atoms with Gasteiger partial charge in [-0.15, -0.1) is 0 Å². The van der Waals surface area contributed by atoms with E-state index in [0.29, 0.717) is 11.1 Å². The number of anilines is 1. The summed E-state index contributed by atoms with van der Waals surface area (Å²) in [5.74, 6) is 0.779. The van der Waals surface area contributed by atoms with Crippen LogP contribution in [0.4, 0.5) is 5.82 Å². The van der Waals surface area contributed by atoms with Gasteiger partial charge in [0, 0.05) is 72.4 Å². The minimum absolute atomic E-state index is 0.145. The number of piperazine rings is 1. The molecule has 0 radical (unpaired) electrons. The van der Waals surface area contributed by atoms with E-state index in [1.165, 1.54) is 0 Å². The number of aryl methyl sites for hydroxylation is 4. The lowest BCUT2D eigenvalue weighted by Gasteiger charge is -2.33. The first-order valence-corrected chi connectivity index (χ1v) is 14.1. The van der Waals surface area contributed by atoms with Crippen LogP contribution < -0.4 is 15.8 Å². The number of benzene rings is 1. The summed E-state index contributed by atoms with van der Waals surface area (Å²) in [4.78, 5) is 43.1. The maximum atomic E-state index is 13.3. The molecule has 8 nitrogen and oxygen atoms in total. The van der Waals surface area contributed by atoms with Crippen molar-refractivity contribution in [1.82, 2.24) is 25.2 Å². The summed E-state index contributed by atoms with van der Waals surface area (Å²) in [7, 11) is 2.15. The second-order valence-electron chi connectivity index (χ2n) is 10.9. The molecule has 40 heavy (non-hydrogen) atoms. The minimum Gasteiger partial charge on any atom is -0.354 e. The number of rotatable bonds is 7. The lowest BCUT2D eigenvalue weighted by molar-refractivity contribution is 0.0950. The highest BCUT2D eigenvalue weighted by Crippen LogP contribution is 2.32. The van der Waals surface area contributed by atoms with Gasteiger partial charge < -0.3 is 20.1 Å². The molecule has 3 aromatic heterocycles. The highest BCUT2D eigenvalue weighted by molar-refractivity contribution is 6.04. The van der Waals surface area contributed by atoms with Gasteiger partial charge in [0.05, 0.1) is 5.52 Å². The Hall–Kier alpha value is -4.04. The Morgan fingerprint density at radius 2 is 1.82 bits per heavy atom. The second kappa shape index (κ2) is 11.6. The van der Waals surface area contributed by atoms with Gasteiger partial charge in [-0.05, 0) is 81.3 Å². The number of aromatic amines is 1. The third kappa shape index (κ3) is 5.63. The summed E-state index contributed by atoms with van der Waals surface area (Å²) in [6.07, 6.45) is 3.65. The molecule has 0 unspecified atom stereocenters. The fourth-order valence-electron chi connectivity index (χ4n) is 5.54. The largest absolute Gasteiger partial charge is 0.354 e. The fourth-order valence-corrected chi connectivity index (χ4v) is 5.54. The summed E-state index contributed by atoms with van der Waals surface area (Å²) in [6.45, 7) is 12.1. The molecular formula is C32H38N6O2. The molecule has 1 aliphatic rings. The van der Waals surface area contributed by atoms with E-state index in [-0.39, 0.29) is 18.0 Å². The number of H-pyrrole nitrogens is 1. The van der Waals surface area contributed by atoms with Crippen molar-refractivity contribution >= 4 is 22.6 Å².